The monoisotopic (exact) mass is 708 g/mol. The van der Waals surface area contributed by atoms with Gasteiger partial charge in [0.2, 0.25) is 5.78 Å². The van der Waals surface area contributed by atoms with Crippen molar-refractivity contribution in [2.75, 3.05) is 20.5 Å². The summed E-state index contributed by atoms with van der Waals surface area (Å²) in [6.07, 6.45) is 1.52. The lowest BCUT2D eigenvalue weighted by Crippen LogP contribution is -2.43. The average Bonchev–Trinajstić information content (AvgIpc) is 3.01. The van der Waals surface area contributed by atoms with E-state index in [0.717, 1.165) is 6.08 Å². The van der Waals surface area contributed by atoms with Crippen LogP contribution in [0.3, 0.4) is 0 Å². The van der Waals surface area contributed by atoms with Crippen molar-refractivity contribution in [3.63, 3.8) is 0 Å². The second-order valence-corrected chi connectivity index (χ2v) is 15.7. The fraction of sp³-hybridized carbons (Fsp3) is 0.474. The molecule has 266 valence electrons. The number of halogens is 1. The van der Waals surface area contributed by atoms with Crippen LogP contribution in [0.5, 0.6) is 17.2 Å². The van der Waals surface area contributed by atoms with Crippen LogP contribution in [0.2, 0.25) is 0 Å². The van der Waals surface area contributed by atoms with Crippen LogP contribution in [0.15, 0.2) is 29.3 Å². The highest BCUT2D eigenvalue weighted by atomic mass is 35.5. The van der Waals surface area contributed by atoms with Crippen LogP contribution >= 0.6 is 11.6 Å². The minimum atomic E-state index is -1.41. The van der Waals surface area contributed by atoms with Gasteiger partial charge < -0.3 is 23.7 Å². The lowest BCUT2D eigenvalue weighted by Gasteiger charge is -2.39. The predicted octanol–water partition coefficient (Wildman–Crippen LogP) is 6.20. The van der Waals surface area contributed by atoms with Crippen LogP contribution in [0.1, 0.15) is 110 Å². The van der Waals surface area contributed by atoms with Crippen molar-refractivity contribution >= 4 is 46.7 Å². The van der Waals surface area contributed by atoms with E-state index < -0.39 is 69.1 Å². The number of hydrogen-bond acceptors (Lipinski definition) is 11. The van der Waals surface area contributed by atoms with Crippen molar-refractivity contribution in [3.8, 4) is 17.2 Å². The molecule has 2 aliphatic carbocycles. The molecule has 0 radical (unpaired) electrons. The standard InChI is InChI=1S/C38H41ClO11/c1-18-12-19-26(25(13-18)49-34(44)36(2,3)4)32(43)28-20(30(19)41)14-24(46-9)29(33(28)50-35(45)37(5,6)7)27-21(23(40)15-22(39)31(27)42)16-38(8)10-11-47-17-48-38/h12-15,21,27H,10-11,16-17H2,1-9H3/t21-,27+,38-/m0/s1. The van der Waals surface area contributed by atoms with Crippen LogP contribution in [-0.4, -0.2) is 61.2 Å². The Labute approximate surface area is 295 Å². The summed E-state index contributed by atoms with van der Waals surface area (Å²) < 4.78 is 28.8. The molecule has 1 saturated heterocycles. The molecule has 3 atom stereocenters. The molecule has 2 aromatic rings. The van der Waals surface area contributed by atoms with Gasteiger partial charge in [-0.3, -0.25) is 28.8 Å². The third kappa shape index (κ3) is 6.78. The molecule has 0 spiro atoms. The summed E-state index contributed by atoms with van der Waals surface area (Å²) in [5.74, 6) is -7.17. The first kappa shape index (κ1) is 37.1. The van der Waals surface area contributed by atoms with E-state index in [0.29, 0.717) is 18.6 Å². The maximum atomic E-state index is 14.8. The number of ketones is 4. The smallest absolute Gasteiger partial charge is 0.316 e. The zero-order valence-electron chi connectivity index (χ0n) is 29.7. The largest absolute Gasteiger partial charge is 0.496 e. The number of esters is 2. The lowest BCUT2D eigenvalue weighted by molar-refractivity contribution is -0.193. The minimum Gasteiger partial charge on any atom is -0.496 e. The molecule has 0 unspecified atom stereocenters. The summed E-state index contributed by atoms with van der Waals surface area (Å²) in [6.45, 7) is 13.6. The lowest BCUT2D eigenvalue weighted by atomic mass is 9.70. The van der Waals surface area contributed by atoms with Crippen LogP contribution < -0.4 is 14.2 Å². The number of ether oxygens (including phenoxy) is 5. The fourth-order valence-corrected chi connectivity index (χ4v) is 6.44. The highest BCUT2D eigenvalue weighted by molar-refractivity contribution is 6.46. The van der Waals surface area contributed by atoms with Crippen molar-refractivity contribution in [1.29, 1.82) is 0 Å². The Balaban J connectivity index is 1.82. The van der Waals surface area contributed by atoms with Gasteiger partial charge >= 0.3 is 11.9 Å². The number of carbonyl (C=O) groups excluding carboxylic acids is 6. The molecular weight excluding hydrogens is 668 g/mol. The van der Waals surface area contributed by atoms with Gasteiger partial charge in [-0.2, -0.15) is 0 Å². The number of carbonyl (C=O) groups is 6. The topological polar surface area (TPSA) is 149 Å². The second kappa shape index (κ2) is 13.2. The first-order valence-corrected chi connectivity index (χ1v) is 16.7. The van der Waals surface area contributed by atoms with Gasteiger partial charge in [-0.25, -0.2) is 0 Å². The molecule has 0 aromatic heterocycles. The molecule has 50 heavy (non-hydrogen) atoms. The van der Waals surface area contributed by atoms with Gasteiger partial charge in [0.05, 0.1) is 52.2 Å². The van der Waals surface area contributed by atoms with Gasteiger partial charge in [0, 0.05) is 28.7 Å². The molecule has 2 aromatic carbocycles. The summed E-state index contributed by atoms with van der Waals surface area (Å²) in [6, 6.07) is 4.29. The SMILES string of the molecule is COc1cc2c(c(OC(=O)C(C)(C)C)c1[C@@H]1C(=O)C(Cl)=CC(=O)[C@@H]1C[C@]1(C)CCOCO1)C(=O)c1c(OC(=O)C(C)(C)C)cc(C)cc1C2=O. The molecule has 5 rings (SSSR count). The predicted molar refractivity (Wildman–Crippen MR) is 181 cm³/mol. The minimum absolute atomic E-state index is 0.0130. The molecule has 12 heteroatoms. The molecule has 3 aliphatic rings. The van der Waals surface area contributed by atoms with Crippen molar-refractivity contribution in [3.05, 3.63) is 62.7 Å². The van der Waals surface area contributed by atoms with E-state index in [4.69, 9.17) is 35.3 Å². The molecule has 11 nitrogen and oxygen atoms in total. The quantitative estimate of drug-likeness (QED) is 0.213. The Hall–Kier alpha value is -4.19. The van der Waals surface area contributed by atoms with E-state index in [9.17, 15) is 28.8 Å². The number of Topliss-reactive ketones (excluding diaryl/α,β-unsaturated/α-hetero) is 1. The first-order chi connectivity index (χ1) is 23.2. The average molecular weight is 709 g/mol. The zero-order chi connectivity index (χ0) is 37.1. The number of fused-ring (bicyclic) bond motifs is 2. The van der Waals surface area contributed by atoms with E-state index in [2.05, 4.69) is 0 Å². The molecule has 1 aliphatic heterocycles. The van der Waals surface area contributed by atoms with Crippen molar-refractivity contribution in [1.82, 2.24) is 0 Å². The van der Waals surface area contributed by atoms with Gasteiger partial charge in [0.1, 0.15) is 24.0 Å². The van der Waals surface area contributed by atoms with E-state index in [1.165, 1.54) is 25.3 Å². The Bertz CT molecular complexity index is 1870. The number of aryl methyl sites for hydroxylation is 1. The second-order valence-electron chi connectivity index (χ2n) is 15.3. The number of allylic oxidation sites excluding steroid dienone is 2. The Morgan fingerprint density at radius 3 is 2.10 bits per heavy atom. The van der Waals surface area contributed by atoms with Crippen molar-refractivity contribution < 1.29 is 52.5 Å². The van der Waals surface area contributed by atoms with Crippen molar-refractivity contribution in [2.45, 2.75) is 79.8 Å². The van der Waals surface area contributed by atoms with Crippen LogP contribution in [0, 0.1) is 23.7 Å². The van der Waals surface area contributed by atoms with Crippen LogP contribution in [0.4, 0.5) is 0 Å². The van der Waals surface area contributed by atoms with Gasteiger partial charge in [0.25, 0.3) is 0 Å². The summed E-state index contributed by atoms with van der Waals surface area (Å²) in [5.41, 5.74) is -3.25. The molecule has 0 amide bonds. The Kier molecular flexibility index (Phi) is 9.77. The maximum Gasteiger partial charge on any atom is 0.316 e. The van der Waals surface area contributed by atoms with Crippen LogP contribution in [0.25, 0.3) is 0 Å². The third-order valence-electron chi connectivity index (χ3n) is 9.10. The number of hydrogen-bond donors (Lipinski definition) is 0. The maximum absolute atomic E-state index is 14.8. The molecule has 1 fully saturated rings. The summed E-state index contributed by atoms with van der Waals surface area (Å²) in [7, 11) is 1.29. The van der Waals surface area contributed by atoms with E-state index >= 15 is 0 Å². The summed E-state index contributed by atoms with van der Waals surface area (Å²) in [4.78, 5) is 83.7. The van der Waals surface area contributed by atoms with Gasteiger partial charge in [-0.15, -0.1) is 0 Å². The van der Waals surface area contributed by atoms with Gasteiger partial charge in [-0.05, 0) is 92.0 Å². The molecule has 1 heterocycles. The molecular formula is C38H41ClO11. The van der Waals surface area contributed by atoms with Crippen molar-refractivity contribution in [2.24, 2.45) is 16.7 Å². The fourth-order valence-electron chi connectivity index (χ4n) is 6.22. The Morgan fingerprint density at radius 2 is 1.52 bits per heavy atom. The van der Waals surface area contributed by atoms with E-state index in [-0.39, 0.29) is 57.6 Å². The molecule has 0 N–H and O–H groups in total. The molecule has 0 saturated carbocycles. The highest BCUT2D eigenvalue weighted by Gasteiger charge is 2.49. The molecule has 0 bridgehead atoms. The van der Waals surface area contributed by atoms with E-state index in [1.54, 1.807) is 55.4 Å². The highest BCUT2D eigenvalue weighted by Crippen LogP contribution is 2.51. The normalized spacial score (nSPS) is 22.4. The summed E-state index contributed by atoms with van der Waals surface area (Å²) >= 11 is 6.38. The van der Waals surface area contributed by atoms with Gasteiger partial charge in [0.15, 0.2) is 17.3 Å². The summed E-state index contributed by atoms with van der Waals surface area (Å²) in [5, 5.41) is -0.359. The van der Waals surface area contributed by atoms with Crippen LogP contribution in [-0.2, 0) is 28.7 Å². The van der Waals surface area contributed by atoms with Gasteiger partial charge in [-0.1, -0.05) is 11.6 Å². The third-order valence-corrected chi connectivity index (χ3v) is 9.39. The number of benzene rings is 2. The number of methoxy groups -OCH3 is 1. The number of rotatable bonds is 6. The zero-order valence-corrected chi connectivity index (χ0v) is 30.4. The Morgan fingerprint density at radius 1 is 0.900 bits per heavy atom. The van der Waals surface area contributed by atoms with E-state index in [1.807, 2.05) is 0 Å². The first-order valence-electron chi connectivity index (χ1n) is 16.3.